The molecule has 1 fully saturated rings. The molecule has 0 radical (unpaired) electrons. The Kier molecular flexibility index (Phi) is 6.25. The predicted octanol–water partition coefficient (Wildman–Crippen LogP) is 3.92. The minimum Gasteiger partial charge on any atom is -0.380 e. The van der Waals surface area contributed by atoms with Crippen LogP contribution in [0.25, 0.3) is 0 Å². The number of nitrogens with one attached hydrogen (secondary N) is 1. The lowest BCUT2D eigenvalue weighted by molar-refractivity contribution is 0.185. The van der Waals surface area contributed by atoms with Crippen LogP contribution in [0.4, 0.5) is 5.69 Å². The molecule has 4 heteroatoms. The lowest BCUT2D eigenvalue weighted by Gasteiger charge is -2.26. The molecule has 0 amide bonds. The van der Waals surface area contributed by atoms with E-state index >= 15 is 0 Å². The molecule has 0 aromatic heterocycles. The van der Waals surface area contributed by atoms with Crippen molar-refractivity contribution >= 4 is 11.6 Å². The van der Waals surface area contributed by atoms with Crippen molar-refractivity contribution in [3.05, 3.63) is 29.8 Å². The first-order valence-electron chi connectivity index (χ1n) is 8.27. The monoisotopic (exact) mass is 303 g/mol. The molecule has 1 aliphatic rings. The highest BCUT2D eigenvalue weighted by atomic mass is 16.5. The van der Waals surface area contributed by atoms with Gasteiger partial charge in [0.1, 0.15) is 0 Å². The summed E-state index contributed by atoms with van der Waals surface area (Å²) >= 11 is 0. The van der Waals surface area contributed by atoms with Gasteiger partial charge < -0.3 is 15.8 Å². The lowest BCUT2D eigenvalue weighted by atomic mass is 9.83. The molecule has 1 aromatic rings. The van der Waals surface area contributed by atoms with Gasteiger partial charge in [-0.25, -0.2) is 0 Å². The standard InChI is InChI=1S/C18H29N3O/c1-18(11-7-3-4-8-12-18)14-20-17(19)21-16-10-6-5-9-15(16)13-22-2/h5-6,9-10H,3-4,7-8,11-14H2,1-2H3,(H3,19,20,21). The van der Waals surface area contributed by atoms with E-state index < -0.39 is 0 Å². The summed E-state index contributed by atoms with van der Waals surface area (Å²) in [7, 11) is 1.70. The molecule has 3 N–H and O–H groups in total. The second-order valence-electron chi connectivity index (χ2n) is 6.64. The number of guanidine groups is 1. The predicted molar refractivity (Wildman–Crippen MR) is 93.1 cm³/mol. The van der Waals surface area contributed by atoms with E-state index in [9.17, 15) is 0 Å². The minimum atomic E-state index is 0.300. The molecule has 22 heavy (non-hydrogen) atoms. The van der Waals surface area contributed by atoms with Crippen molar-refractivity contribution < 1.29 is 4.74 Å². The number of methoxy groups -OCH3 is 1. The molecular formula is C18H29N3O. The third kappa shape index (κ3) is 5.02. The Morgan fingerprint density at radius 3 is 2.59 bits per heavy atom. The maximum Gasteiger partial charge on any atom is 0.193 e. The Balaban J connectivity index is 1.97. The van der Waals surface area contributed by atoms with Crippen molar-refractivity contribution in [2.24, 2.45) is 16.1 Å². The van der Waals surface area contributed by atoms with Gasteiger partial charge in [-0.2, -0.15) is 0 Å². The molecule has 1 aliphatic carbocycles. The second-order valence-corrected chi connectivity index (χ2v) is 6.64. The Morgan fingerprint density at radius 1 is 1.23 bits per heavy atom. The van der Waals surface area contributed by atoms with Crippen molar-refractivity contribution in [2.45, 2.75) is 52.1 Å². The van der Waals surface area contributed by atoms with Crippen LogP contribution in [0.15, 0.2) is 29.3 Å². The van der Waals surface area contributed by atoms with Crippen LogP contribution in [-0.2, 0) is 11.3 Å². The molecule has 122 valence electrons. The summed E-state index contributed by atoms with van der Waals surface area (Å²) in [5, 5.41) is 3.22. The van der Waals surface area contributed by atoms with Gasteiger partial charge in [-0.15, -0.1) is 0 Å². The van der Waals surface area contributed by atoms with E-state index in [0.29, 0.717) is 18.0 Å². The van der Waals surface area contributed by atoms with Crippen molar-refractivity contribution in [1.29, 1.82) is 0 Å². The fraction of sp³-hybridized carbons (Fsp3) is 0.611. The van der Waals surface area contributed by atoms with Crippen molar-refractivity contribution in [1.82, 2.24) is 0 Å². The number of nitrogens with two attached hydrogens (primary N) is 1. The Labute approximate surface area is 134 Å². The quantitative estimate of drug-likeness (QED) is 0.492. The number of anilines is 1. The van der Waals surface area contributed by atoms with E-state index in [4.69, 9.17) is 10.5 Å². The van der Waals surface area contributed by atoms with Crippen LogP contribution in [0.2, 0.25) is 0 Å². The molecular weight excluding hydrogens is 274 g/mol. The number of hydrogen-bond acceptors (Lipinski definition) is 2. The zero-order chi connectivity index (χ0) is 15.8. The maximum absolute atomic E-state index is 6.08. The van der Waals surface area contributed by atoms with Crippen LogP contribution in [0.3, 0.4) is 0 Å². The highest BCUT2D eigenvalue weighted by Gasteiger charge is 2.25. The van der Waals surface area contributed by atoms with Gasteiger partial charge in [0.25, 0.3) is 0 Å². The van der Waals surface area contributed by atoms with Crippen molar-refractivity contribution in [3.63, 3.8) is 0 Å². The van der Waals surface area contributed by atoms with E-state index in [1.165, 1.54) is 38.5 Å². The number of benzene rings is 1. The van der Waals surface area contributed by atoms with Gasteiger partial charge in [-0.05, 0) is 24.3 Å². The van der Waals surface area contributed by atoms with E-state index in [1.807, 2.05) is 24.3 Å². The molecule has 2 rings (SSSR count). The first-order chi connectivity index (χ1) is 10.6. The van der Waals surface area contributed by atoms with Crippen LogP contribution in [0.1, 0.15) is 51.0 Å². The maximum atomic E-state index is 6.08. The number of nitrogens with zero attached hydrogens (tertiary/aromatic N) is 1. The zero-order valence-electron chi connectivity index (χ0n) is 13.9. The average Bonchev–Trinajstić information content (AvgIpc) is 2.73. The summed E-state index contributed by atoms with van der Waals surface area (Å²) in [6.45, 7) is 3.71. The molecule has 0 saturated heterocycles. The first-order valence-corrected chi connectivity index (χ1v) is 8.27. The summed E-state index contributed by atoms with van der Waals surface area (Å²) in [4.78, 5) is 4.60. The summed E-state index contributed by atoms with van der Waals surface area (Å²) in [5.74, 6) is 0.494. The third-order valence-electron chi connectivity index (χ3n) is 4.52. The molecule has 0 heterocycles. The SMILES string of the molecule is COCc1ccccc1NC(N)=NCC1(C)CCCCCC1. The Bertz CT molecular complexity index is 491. The largest absolute Gasteiger partial charge is 0.380 e. The number of rotatable bonds is 5. The van der Waals surface area contributed by atoms with Gasteiger partial charge in [0.2, 0.25) is 0 Å². The number of para-hydroxylation sites is 1. The van der Waals surface area contributed by atoms with Gasteiger partial charge in [0, 0.05) is 24.9 Å². The highest BCUT2D eigenvalue weighted by Crippen LogP contribution is 2.34. The molecule has 1 saturated carbocycles. The summed E-state index contributed by atoms with van der Waals surface area (Å²) in [6, 6.07) is 8.02. The van der Waals surface area contributed by atoms with Gasteiger partial charge in [0.05, 0.1) is 6.61 Å². The Hall–Kier alpha value is -1.55. The van der Waals surface area contributed by atoms with E-state index in [1.54, 1.807) is 7.11 Å². The van der Waals surface area contributed by atoms with Crippen LogP contribution >= 0.6 is 0 Å². The van der Waals surface area contributed by atoms with E-state index in [0.717, 1.165) is 17.8 Å². The Morgan fingerprint density at radius 2 is 1.91 bits per heavy atom. The van der Waals surface area contributed by atoms with Crippen molar-refractivity contribution in [3.8, 4) is 0 Å². The molecule has 0 unspecified atom stereocenters. The highest BCUT2D eigenvalue weighted by molar-refractivity contribution is 5.92. The van der Waals surface area contributed by atoms with Crippen LogP contribution in [0.5, 0.6) is 0 Å². The lowest BCUT2D eigenvalue weighted by Crippen LogP contribution is -2.27. The molecule has 0 bridgehead atoms. The van der Waals surface area contributed by atoms with Gasteiger partial charge >= 0.3 is 0 Å². The van der Waals surface area contributed by atoms with Crippen molar-refractivity contribution in [2.75, 3.05) is 19.0 Å². The first kappa shape index (κ1) is 16.8. The van der Waals surface area contributed by atoms with Gasteiger partial charge in [-0.3, -0.25) is 4.99 Å². The summed E-state index contributed by atoms with van der Waals surface area (Å²) < 4.78 is 5.21. The fourth-order valence-corrected chi connectivity index (χ4v) is 3.12. The molecule has 0 atom stereocenters. The molecule has 0 spiro atoms. The number of hydrogen-bond donors (Lipinski definition) is 2. The number of ether oxygens (including phenoxy) is 1. The summed E-state index contributed by atoms with van der Waals surface area (Å²) in [6.07, 6.45) is 7.86. The molecule has 4 nitrogen and oxygen atoms in total. The van der Waals surface area contributed by atoms with Crippen LogP contribution < -0.4 is 11.1 Å². The minimum absolute atomic E-state index is 0.300. The smallest absolute Gasteiger partial charge is 0.193 e. The van der Waals surface area contributed by atoms with E-state index in [-0.39, 0.29) is 0 Å². The molecule has 1 aromatic carbocycles. The fourth-order valence-electron chi connectivity index (χ4n) is 3.12. The topological polar surface area (TPSA) is 59.6 Å². The zero-order valence-corrected chi connectivity index (χ0v) is 13.9. The van der Waals surface area contributed by atoms with Gasteiger partial charge in [0.15, 0.2) is 5.96 Å². The second kappa shape index (κ2) is 8.18. The van der Waals surface area contributed by atoms with E-state index in [2.05, 4.69) is 17.2 Å². The summed E-state index contributed by atoms with van der Waals surface area (Å²) in [5.41, 5.74) is 8.44. The van der Waals surface area contributed by atoms with Gasteiger partial charge in [-0.1, -0.05) is 50.8 Å². The number of aliphatic imine (C=N–C) groups is 1. The molecule has 0 aliphatic heterocycles. The third-order valence-corrected chi connectivity index (χ3v) is 4.52. The normalized spacial score (nSPS) is 18.7. The van der Waals surface area contributed by atoms with Crippen LogP contribution in [-0.4, -0.2) is 19.6 Å². The van der Waals surface area contributed by atoms with Crippen LogP contribution in [0, 0.1) is 5.41 Å². The average molecular weight is 303 g/mol.